The van der Waals surface area contributed by atoms with Crippen LogP contribution in [-0.2, 0) is 28.6 Å². The van der Waals surface area contributed by atoms with Gasteiger partial charge in [-0.2, -0.15) is 0 Å². The maximum Gasteiger partial charge on any atom is 0.408 e. The summed E-state index contributed by atoms with van der Waals surface area (Å²) in [6, 6.07) is 9.11. The fourth-order valence-electron chi connectivity index (χ4n) is 6.39. The lowest BCUT2D eigenvalue weighted by Gasteiger charge is -2.39. The Labute approximate surface area is 265 Å². The van der Waals surface area contributed by atoms with Crippen molar-refractivity contribution in [3.05, 3.63) is 48.2 Å². The monoisotopic (exact) mass is 626 g/mol. The largest absolute Gasteiger partial charge is 0.455 e. The van der Waals surface area contributed by atoms with Gasteiger partial charge in [-0.3, -0.25) is 14.6 Å². The van der Waals surface area contributed by atoms with Crippen molar-refractivity contribution >= 4 is 41.1 Å². The second-order valence-electron chi connectivity index (χ2n) is 13.2. The van der Waals surface area contributed by atoms with Crippen LogP contribution in [0.1, 0.15) is 80.2 Å². The zero-order chi connectivity index (χ0) is 33.6. The minimum absolute atomic E-state index is 0.127. The predicted molar refractivity (Wildman–Crippen MR) is 170 cm³/mol. The van der Waals surface area contributed by atoms with Crippen molar-refractivity contribution in [3.63, 3.8) is 0 Å². The Morgan fingerprint density at radius 3 is 2.51 bits per heavy atom. The van der Waals surface area contributed by atoms with E-state index in [-0.39, 0.29) is 18.5 Å². The molecule has 0 radical (unpaired) electrons. The predicted octanol–water partition coefficient (Wildman–Crippen LogP) is 6.42. The highest BCUT2D eigenvalue weighted by atomic mass is 19.1. The van der Waals surface area contributed by atoms with E-state index in [9.17, 15) is 23.6 Å². The molecule has 1 aromatic carbocycles. The van der Waals surface area contributed by atoms with Crippen LogP contribution in [-0.4, -0.2) is 64.7 Å². The number of para-hydroxylation sites is 1. The van der Waals surface area contributed by atoms with Crippen LogP contribution < -0.4 is 5.32 Å². The third-order valence-corrected chi connectivity index (χ3v) is 8.55. The number of alkyl halides is 1. The van der Waals surface area contributed by atoms with Crippen LogP contribution in [0.5, 0.6) is 0 Å². The third kappa shape index (κ3) is 8.75. The van der Waals surface area contributed by atoms with Crippen LogP contribution in [0.4, 0.5) is 9.18 Å². The summed E-state index contributed by atoms with van der Waals surface area (Å²) in [6.45, 7) is 14.1. The number of cyclic esters (lactones) is 1. The van der Waals surface area contributed by atoms with Crippen molar-refractivity contribution in [1.29, 1.82) is 0 Å². The number of nitrogens with one attached hydrogen (secondary N) is 1. The molecule has 1 aliphatic heterocycles. The molecule has 1 aromatic heterocycles. The standard InChI is InChI=1S/C35H47FN2O7/c1-9-28(44-31(41)34(7,36)21-39)35(8)30(38-32(42)45-35)24(5)29(40)23(4)19-33(6,18-22(2)3)43-16-12-13-25-17-26-14-10-11-15-27(26)37-20-25/h10-15,17,20-24,28,30H,9,16,18-19H2,1-8H3,(H,38,42)/b13-12+/t23-,24+,28-,30-,33+,34+,35-/m1/s1. The first-order chi connectivity index (χ1) is 21.0. The van der Waals surface area contributed by atoms with Crippen LogP contribution in [0.25, 0.3) is 17.0 Å². The Balaban J connectivity index is 1.71. The van der Waals surface area contributed by atoms with Gasteiger partial charge in [-0.1, -0.05) is 65.0 Å². The molecule has 7 atom stereocenters. The van der Waals surface area contributed by atoms with Crippen LogP contribution >= 0.6 is 0 Å². The molecule has 9 nitrogen and oxygen atoms in total. The Morgan fingerprint density at radius 1 is 1.18 bits per heavy atom. The zero-order valence-corrected chi connectivity index (χ0v) is 27.6. The summed E-state index contributed by atoms with van der Waals surface area (Å²) < 4.78 is 31.7. The minimum atomic E-state index is -2.85. The highest BCUT2D eigenvalue weighted by molar-refractivity contribution is 5.96. The summed E-state index contributed by atoms with van der Waals surface area (Å²) >= 11 is 0. The normalized spacial score (nSPS) is 23.1. The second-order valence-corrected chi connectivity index (χ2v) is 13.2. The number of alkyl carbamates (subject to hydrolysis) is 1. The third-order valence-electron chi connectivity index (χ3n) is 8.55. The van der Waals surface area contributed by atoms with Gasteiger partial charge in [0.25, 0.3) is 5.67 Å². The van der Waals surface area contributed by atoms with Gasteiger partial charge >= 0.3 is 12.1 Å². The summed E-state index contributed by atoms with van der Waals surface area (Å²) in [6.07, 6.45) is 5.02. The van der Waals surface area contributed by atoms with Gasteiger partial charge in [-0.05, 0) is 63.6 Å². The number of pyridine rings is 1. The molecule has 0 aliphatic carbocycles. The maximum atomic E-state index is 14.4. The Morgan fingerprint density at radius 2 is 1.87 bits per heavy atom. The maximum absolute atomic E-state index is 14.4. The number of ether oxygens (including phenoxy) is 3. The van der Waals surface area contributed by atoms with Crippen molar-refractivity contribution in [2.24, 2.45) is 17.8 Å². The van der Waals surface area contributed by atoms with E-state index in [1.165, 1.54) is 0 Å². The molecule has 1 amide bonds. The number of hydrogen-bond acceptors (Lipinski definition) is 8. The summed E-state index contributed by atoms with van der Waals surface area (Å²) in [5, 5.41) is 3.75. The van der Waals surface area contributed by atoms with E-state index in [0.717, 1.165) is 29.8 Å². The molecular weight excluding hydrogens is 579 g/mol. The summed E-state index contributed by atoms with van der Waals surface area (Å²) in [7, 11) is 0. The SMILES string of the molecule is CC[C@@H](OC(=O)[C@@](C)(F)C=O)[C@@]1(C)OC(=O)N[C@@H]1[C@@H](C)C(=O)[C@H](C)C[C@](C)(CC(C)C)OC/C=C/c1cnc2ccccc2c1. The number of hydrogen-bond donors (Lipinski definition) is 1. The van der Waals surface area contributed by atoms with Gasteiger partial charge in [-0.15, -0.1) is 0 Å². The van der Waals surface area contributed by atoms with Gasteiger partial charge in [0.1, 0.15) is 11.9 Å². The number of amides is 1. The van der Waals surface area contributed by atoms with Gasteiger partial charge in [-0.25, -0.2) is 14.0 Å². The zero-order valence-electron chi connectivity index (χ0n) is 27.6. The number of nitrogens with zero attached hydrogens (tertiary/aromatic N) is 1. The van der Waals surface area contributed by atoms with Gasteiger partial charge in [0.2, 0.25) is 0 Å². The first-order valence-corrected chi connectivity index (χ1v) is 15.6. The van der Waals surface area contributed by atoms with E-state index >= 15 is 0 Å². The number of ketones is 1. The van der Waals surface area contributed by atoms with Crippen molar-refractivity contribution in [2.75, 3.05) is 6.61 Å². The molecule has 0 spiro atoms. The molecule has 0 saturated carbocycles. The van der Waals surface area contributed by atoms with Gasteiger partial charge < -0.3 is 19.5 Å². The summed E-state index contributed by atoms with van der Waals surface area (Å²) in [4.78, 5) is 54.2. The van der Waals surface area contributed by atoms with Crippen molar-refractivity contribution < 1.29 is 37.8 Å². The van der Waals surface area contributed by atoms with Crippen LogP contribution in [0.3, 0.4) is 0 Å². The highest BCUT2D eigenvalue weighted by Gasteiger charge is 2.56. The Kier molecular flexibility index (Phi) is 11.6. The second kappa shape index (κ2) is 14.6. The molecule has 3 rings (SSSR count). The number of aldehydes is 1. The van der Waals surface area contributed by atoms with Crippen molar-refractivity contribution in [3.8, 4) is 0 Å². The Hall–Kier alpha value is -3.66. The van der Waals surface area contributed by atoms with Gasteiger partial charge in [0.15, 0.2) is 11.9 Å². The number of halogens is 1. The van der Waals surface area contributed by atoms with Crippen LogP contribution in [0.15, 0.2) is 42.6 Å². The molecule has 0 unspecified atom stereocenters. The van der Waals surface area contributed by atoms with E-state index in [0.29, 0.717) is 18.9 Å². The lowest BCUT2D eigenvalue weighted by atomic mass is 9.75. The molecule has 1 aliphatic rings. The topological polar surface area (TPSA) is 121 Å². The Bertz CT molecular complexity index is 1410. The number of Topliss-reactive ketones (excluding diaryl/α,β-unsaturated/α-hetero) is 1. The molecule has 1 N–H and O–H groups in total. The van der Waals surface area contributed by atoms with Gasteiger partial charge in [0.05, 0.1) is 23.8 Å². The van der Waals surface area contributed by atoms with Crippen LogP contribution in [0.2, 0.25) is 0 Å². The van der Waals surface area contributed by atoms with E-state index in [1.54, 1.807) is 20.8 Å². The lowest BCUT2D eigenvalue weighted by molar-refractivity contribution is -0.176. The molecule has 1 saturated heterocycles. The molecule has 45 heavy (non-hydrogen) atoms. The summed E-state index contributed by atoms with van der Waals surface area (Å²) in [5.74, 6) is -2.40. The number of carbonyl (C=O) groups is 4. The molecule has 246 valence electrons. The lowest BCUT2D eigenvalue weighted by Crippen LogP contribution is -2.57. The average molecular weight is 627 g/mol. The first-order valence-electron chi connectivity index (χ1n) is 15.6. The van der Waals surface area contributed by atoms with E-state index in [4.69, 9.17) is 14.2 Å². The number of benzene rings is 1. The number of aromatic nitrogens is 1. The smallest absolute Gasteiger partial charge is 0.408 e. The fraction of sp³-hybridized carbons (Fsp3) is 0.571. The average Bonchev–Trinajstić information content (AvgIpc) is 3.30. The van der Waals surface area contributed by atoms with Gasteiger partial charge in [0, 0.05) is 23.4 Å². The molecule has 1 fully saturated rings. The fourth-order valence-corrected chi connectivity index (χ4v) is 6.39. The number of esters is 1. The van der Waals surface area contributed by atoms with E-state index < -0.39 is 52.9 Å². The minimum Gasteiger partial charge on any atom is -0.455 e. The first kappa shape index (κ1) is 35.8. The number of fused-ring (bicyclic) bond motifs is 1. The summed E-state index contributed by atoms with van der Waals surface area (Å²) in [5.41, 5.74) is -3.06. The van der Waals surface area contributed by atoms with E-state index in [2.05, 4.69) is 30.2 Å². The molecular formula is C35H47FN2O7. The number of carbonyl (C=O) groups excluding carboxylic acids is 4. The quantitative estimate of drug-likeness (QED) is 0.129. The van der Waals surface area contributed by atoms with Crippen molar-refractivity contribution in [1.82, 2.24) is 10.3 Å². The van der Waals surface area contributed by atoms with Crippen molar-refractivity contribution in [2.45, 2.75) is 104 Å². The van der Waals surface area contributed by atoms with E-state index in [1.807, 2.05) is 56.5 Å². The molecule has 2 heterocycles. The molecule has 10 heteroatoms. The highest BCUT2D eigenvalue weighted by Crippen LogP contribution is 2.37. The van der Waals surface area contributed by atoms with Crippen LogP contribution in [0, 0.1) is 17.8 Å². The molecule has 2 aromatic rings. The number of rotatable bonds is 16. The molecule has 0 bridgehead atoms.